The van der Waals surface area contributed by atoms with Gasteiger partial charge in [0.25, 0.3) is 0 Å². The largest absolute Gasteiger partial charge is 0.437 e. The molecule has 0 radical (unpaired) electrons. The van der Waals surface area contributed by atoms with E-state index >= 15 is 0 Å². The predicted molar refractivity (Wildman–Crippen MR) is 72.2 cm³/mol. The maximum Gasteiger partial charge on any atom is 0.374 e. The zero-order valence-corrected chi connectivity index (χ0v) is 10.6. The molecule has 98 valence electrons. The molecule has 0 unspecified atom stereocenters. The van der Waals surface area contributed by atoms with Crippen LogP contribution in [0.4, 0.5) is 0 Å². The van der Waals surface area contributed by atoms with Crippen molar-refractivity contribution in [2.75, 3.05) is 0 Å². The Bertz CT molecular complexity index is 649. The third kappa shape index (κ3) is 2.11. The molecular formula is C12H15BN4O2. The molecule has 7 heteroatoms. The van der Waals surface area contributed by atoms with Gasteiger partial charge in [-0.1, -0.05) is 18.2 Å². The van der Waals surface area contributed by atoms with Gasteiger partial charge in [-0.15, -0.1) is 0 Å². The number of aromatic nitrogens is 3. The molecule has 3 N–H and O–H groups in total. The fraction of sp³-hybridized carbons (Fsp3) is 0.333. The van der Waals surface area contributed by atoms with Gasteiger partial charge in [0.05, 0.1) is 11.7 Å². The summed E-state index contributed by atoms with van der Waals surface area (Å²) in [5.41, 5.74) is 1.73. The predicted octanol–water partition coefficient (Wildman–Crippen LogP) is 0.248. The molecule has 0 saturated heterocycles. The molecule has 1 aromatic heterocycles. The zero-order chi connectivity index (χ0) is 13.4. The fourth-order valence-corrected chi connectivity index (χ4v) is 2.59. The van der Waals surface area contributed by atoms with Crippen molar-refractivity contribution in [1.82, 2.24) is 20.0 Å². The molecule has 0 aliphatic carbocycles. The Balaban J connectivity index is 2.15. The molecule has 19 heavy (non-hydrogen) atoms. The standard InChI is InChI=1S/C12H15BN4O2/c1-13(19)14-9-7-6-8-4-2-3-5-10(8)17-11(9)15-16-12(17)18/h2-5,9,14,19H,6-7H2,1H3,(H,16,18)/t9-/m0/s1. The second kappa shape index (κ2) is 4.67. The van der Waals surface area contributed by atoms with Gasteiger partial charge in [0.1, 0.15) is 0 Å². The van der Waals surface area contributed by atoms with E-state index in [4.69, 9.17) is 0 Å². The second-order valence-corrected chi connectivity index (χ2v) is 4.78. The highest BCUT2D eigenvalue weighted by Crippen LogP contribution is 2.26. The Morgan fingerprint density at radius 1 is 1.53 bits per heavy atom. The van der Waals surface area contributed by atoms with Crippen LogP contribution >= 0.6 is 0 Å². The molecule has 3 rings (SSSR count). The topological polar surface area (TPSA) is 82.9 Å². The smallest absolute Gasteiger partial charge is 0.374 e. The van der Waals surface area contributed by atoms with Gasteiger partial charge >= 0.3 is 12.7 Å². The number of nitrogens with zero attached hydrogens (tertiary/aromatic N) is 2. The van der Waals surface area contributed by atoms with E-state index in [2.05, 4.69) is 15.4 Å². The van der Waals surface area contributed by atoms with E-state index in [0.717, 1.165) is 24.1 Å². The lowest BCUT2D eigenvalue weighted by Crippen LogP contribution is -2.36. The molecule has 0 amide bonds. The van der Waals surface area contributed by atoms with Gasteiger partial charge in [-0.25, -0.2) is 14.5 Å². The number of rotatable bonds is 2. The number of hydrogen-bond donors (Lipinski definition) is 3. The minimum absolute atomic E-state index is 0.147. The van der Waals surface area contributed by atoms with Crippen LogP contribution in [0.5, 0.6) is 0 Å². The van der Waals surface area contributed by atoms with Crippen LogP contribution < -0.4 is 10.9 Å². The molecule has 1 aliphatic heterocycles. The summed E-state index contributed by atoms with van der Waals surface area (Å²) in [4.78, 5) is 12.0. The first-order valence-corrected chi connectivity index (χ1v) is 6.36. The van der Waals surface area contributed by atoms with Gasteiger partial charge < -0.3 is 10.3 Å². The summed E-state index contributed by atoms with van der Waals surface area (Å²) in [7, 11) is -0.647. The van der Waals surface area contributed by atoms with E-state index in [0.29, 0.717) is 5.82 Å². The molecule has 0 bridgehead atoms. The third-order valence-electron chi connectivity index (χ3n) is 3.39. The molecule has 1 atom stereocenters. The number of aryl methyl sites for hydroxylation is 1. The van der Waals surface area contributed by atoms with Crippen LogP contribution in [0.15, 0.2) is 29.1 Å². The lowest BCUT2D eigenvalue weighted by Gasteiger charge is -2.15. The van der Waals surface area contributed by atoms with Gasteiger partial charge in [0, 0.05) is 0 Å². The van der Waals surface area contributed by atoms with E-state index < -0.39 is 7.05 Å². The normalized spacial score (nSPS) is 17.5. The molecule has 2 heterocycles. The average Bonchev–Trinajstić information content (AvgIpc) is 2.68. The van der Waals surface area contributed by atoms with Gasteiger partial charge in [-0.2, -0.15) is 5.10 Å². The van der Waals surface area contributed by atoms with Crippen molar-refractivity contribution >= 4 is 7.05 Å². The van der Waals surface area contributed by atoms with Gasteiger partial charge in [0.2, 0.25) is 0 Å². The number of fused-ring (bicyclic) bond motifs is 3. The fourth-order valence-electron chi connectivity index (χ4n) is 2.59. The summed E-state index contributed by atoms with van der Waals surface area (Å²) >= 11 is 0. The number of benzene rings is 1. The molecule has 6 nitrogen and oxygen atoms in total. The van der Waals surface area contributed by atoms with E-state index in [1.807, 2.05) is 24.3 Å². The monoisotopic (exact) mass is 258 g/mol. The summed E-state index contributed by atoms with van der Waals surface area (Å²) in [6.45, 7) is 1.66. The van der Waals surface area contributed by atoms with Crippen molar-refractivity contribution in [3.05, 3.63) is 46.1 Å². The lowest BCUT2D eigenvalue weighted by molar-refractivity contribution is 0.494. The minimum atomic E-state index is -0.647. The Morgan fingerprint density at radius 2 is 2.32 bits per heavy atom. The van der Waals surface area contributed by atoms with Crippen LogP contribution in [0.25, 0.3) is 5.69 Å². The van der Waals surface area contributed by atoms with Crippen molar-refractivity contribution in [3.8, 4) is 5.69 Å². The summed E-state index contributed by atoms with van der Waals surface area (Å²) in [5, 5.41) is 19.1. The molecule has 0 spiro atoms. The Kier molecular flexibility index (Phi) is 3.00. The van der Waals surface area contributed by atoms with E-state index in [-0.39, 0.29) is 11.7 Å². The first kappa shape index (κ1) is 12.2. The SMILES string of the molecule is CB(O)N[C@H]1CCc2ccccc2-n2c1n[nH]c2=O. The third-order valence-corrected chi connectivity index (χ3v) is 3.39. The van der Waals surface area contributed by atoms with Crippen LogP contribution in [-0.2, 0) is 6.42 Å². The van der Waals surface area contributed by atoms with E-state index in [9.17, 15) is 9.82 Å². The maximum absolute atomic E-state index is 12.0. The Labute approximate surface area is 110 Å². The number of aromatic amines is 1. The highest BCUT2D eigenvalue weighted by molar-refractivity contribution is 6.45. The Morgan fingerprint density at radius 3 is 3.11 bits per heavy atom. The first-order valence-electron chi connectivity index (χ1n) is 6.36. The zero-order valence-electron chi connectivity index (χ0n) is 10.6. The summed E-state index contributed by atoms with van der Waals surface area (Å²) in [6.07, 6.45) is 1.62. The minimum Gasteiger partial charge on any atom is -0.437 e. The number of hydrogen-bond acceptors (Lipinski definition) is 4. The van der Waals surface area contributed by atoms with Crippen molar-refractivity contribution in [2.45, 2.75) is 25.7 Å². The van der Waals surface area contributed by atoms with Crippen molar-refractivity contribution in [3.63, 3.8) is 0 Å². The van der Waals surface area contributed by atoms with Crippen LogP contribution in [0, 0.1) is 0 Å². The van der Waals surface area contributed by atoms with Crippen LogP contribution in [0.1, 0.15) is 23.9 Å². The molecule has 2 aromatic rings. The Hall–Kier alpha value is -1.86. The van der Waals surface area contributed by atoms with Crippen LogP contribution in [0.3, 0.4) is 0 Å². The summed E-state index contributed by atoms with van der Waals surface area (Å²) in [5.74, 6) is 0.621. The maximum atomic E-state index is 12.0. The van der Waals surface area contributed by atoms with E-state index in [1.165, 1.54) is 0 Å². The molecule has 0 fully saturated rings. The molecule has 1 aliphatic rings. The quantitative estimate of drug-likeness (QED) is 0.674. The molecular weight excluding hydrogens is 243 g/mol. The molecule has 0 saturated carbocycles. The van der Waals surface area contributed by atoms with Crippen LogP contribution in [-0.4, -0.2) is 26.8 Å². The molecule has 1 aromatic carbocycles. The number of H-pyrrole nitrogens is 1. The lowest BCUT2D eigenvalue weighted by atomic mass is 9.86. The highest BCUT2D eigenvalue weighted by Gasteiger charge is 2.26. The average molecular weight is 258 g/mol. The first-order chi connectivity index (χ1) is 9.16. The van der Waals surface area contributed by atoms with Crippen molar-refractivity contribution in [2.24, 2.45) is 0 Å². The van der Waals surface area contributed by atoms with Gasteiger partial charge in [-0.3, -0.25) is 0 Å². The number of para-hydroxylation sites is 1. The van der Waals surface area contributed by atoms with E-state index in [1.54, 1.807) is 11.4 Å². The highest BCUT2D eigenvalue weighted by atomic mass is 16.2. The second-order valence-electron chi connectivity index (χ2n) is 4.78. The summed E-state index contributed by atoms with van der Waals surface area (Å²) in [6, 6.07) is 7.66. The van der Waals surface area contributed by atoms with Gasteiger partial charge in [0.15, 0.2) is 5.82 Å². The summed E-state index contributed by atoms with van der Waals surface area (Å²) < 4.78 is 1.59. The van der Waals surface area contributed by atoms with Crippen molar-refractivity contribution in [1.29, 1.82) is 0 Å². The van der Waals surface area contributed by atoms with Crippen LogP contribution in [0.2, 0.25) is 6.82 Å². The van der Waals surface area contributed by atoms with Crippen molar-refractivity contribution < 1.29 is 5.02 Å². The number of nitrogens with one attached hydrogen (secondary N) is 2. The van der Waals surface area contributed by atoms with Gasteiger partial charge in [-0.05, 0) is 31.3 Å².